The van der Waals surface area contributed by atoms with Crippen molar-refractivity contribution in [2.45, 2.75) is 6.42 Å². The molecule has 0 spiro atoms. The summed E-state index contributed by atoms with van der Waals surface area (Å²) in [6.07, 6.45) is 0.0702. The van der Waals surface area contributed by atoms with E-state index >= 15 is 0 Å². The molecule has 0 saturated carbocycles. The summed E-state index contributed by atoms with van der Waals surface area (Å²) < 4.78 is 28.5. The maximum Gasteiger partial charge on any atom is 0.342 e. The van der Waals surface area contributed by atoms with Crippen LogP contribution in [0.1, 0.15) is 16.8 Å². The van der Waals surface area contributed by atoms with Crippen LogP contribution < -0.4 is 14.4 Å². The predicted molar refractivity (Wildman–Crippen MR) is 98.8 cm³/mol. The molecule has 1 amide bonds. The first kappa shape index (κ1) is 20.7. The van der Waals surface area contributed by atoms with Crippen LogP contribution in [-0.2, 0) is 9.53 Å². The first-order valence-electron chi connectivity index (χ1n) is 8.32. The van der Waals surface area contributed by atoms with Crippen molar-refractivity contribution >= 4 is 17.6 Å². The fourth-order valence-electron chi connectivity index (χ4n) is 2.44. The first-order chi connectivity index (χ1) is 13.5. The van der Waals surface area contributed by atoms with Crippen LogP contribution in [0, 0.1) is 17.1 Å². The van der Waals surface area contributed by atoms with Crippen LogP contribution >= 0.6 is 0 Å². The number of rotatable bonds is 8. The lowest BCUT2D eigenvalue weighted by Gasteiger charge is -2.21. The first-order valence-corrected chi connectivity index (χ1v) is 8.32. The molecule has 0 N–H and O–H groups in total. The van der Waals surface area contributed by atoms with Gasteiger partial charge >= 0.3 is 5.97 Å². The Balaban J connectivity index is 2.12. The lowest BCUT2D eigenvalue weighted by Crippen LogP contribution is -2.35. The Labute approximate surface area is 161 Å². The van der Waals surface area contributed by atoms with Crippen LogP contribution in [0.15, 0.2) is 42.5 Å². The van der Waals surface area contributed by atoms with E-state index in [1.165, 1.54) is 49.5 Å². The van der Waals surface area contributed by atoms with E-state index in [0.717, 1.165) is 0 Å². The Morgan fingerprint density at radius 3 is 2.43 bits per heavy atom. The average molecular weight is 386 g/mol. The average Bonchev–Trinajstić information content (AvgIpc) is 2.72. The number of methoxy groups -OCH3 is 2. The molecule has 0 radical (unpaired) electrons. The van der Waals surface area contributed by atoms with Gasteiger partial charge in [-0.3, -0.25) is 4.79 Å². The Morgan fingerprint density at radius 1 is 1.11 bits per heavy atom. The summed E-state index contributed by atoms with van der Waals surface area (Å²) >= 11 is 0. The monoisotopic (exact) mass is 386 g/mol. The molecule has 0 aromatic heterocycles. The number of hydrogen-bond acceptors (Lipinski definition) is 6. The number of benzene rings is 2. The molecule has 28 heavy (non-hydrogen) atoms. The number of anilines is 1. The Bertz CT molecular complexity index is 877. The van der Waals surface area contributed by atoms with Gasteiger partial charge in [0.1, 0.15) is 22.9 Å². The van der Waals surface area contributed by atoms with Crippen molar-refractivity contribution in [3.05, 3.63) is 53.8 Å². The van der Waals surface area contributed by atoms with Gasteiger partial charge < -0.3 is 19.1 Å². The zero-order valence-corrected chi connectivity index (χ0v) is 15.5. The number of esters is 1. The number of carbonyl (C=O) groups is 2. The predicted octanol–water partition coefficient (Wildman–Crippen LogP) is 2.95. The molecule has 2 rings (SSSR count). The van der Waals surface area contributed by atoms with E-state index in [4.69, 9.17) is 19.5 Å². The number of hydrogen-bond donors (Lipinski definition) is 0. The number of carbonyl (C=O) groups excluding carboxylic acids is 2. The van der Waals surface area contributed by atoms with Gasteiger partial charge in [-0.05, 0) is 42.5 Å². The Morgan fingerprint density at radius 2 is 1.82 bits per heavy atom. The summed E-state index contributed by atoms with van der Waals surface area (Å²) in [5.74, 6) is -1.05. The highest BCUT2D eigenvalue weighted by Gasteiger charge is 2.20. The van der Waals surface area contributed by atoms with Crippen LogP contribution in [0.25, 0.3) is 0 Å². The highest BCUT2D eigenvalue weighted by atomic mass is 19.1. The molecule has 0 aliphatic rings. The standard InChI is InChI=1S/C20H19FN2O5/c1-26-16-8-9-18(27-2)17(12-16)20(25)28-13-19(24)23(11-3-10-22)15-6-4-14(21)5-7-15/h4-9,12H,3,11,13H2,1-2H3. The summed E-state index contributed by atoms with van der Waals surface area (Å²) in [4.78, 5) is 26.2. The van der Waals surface area contributed by atoms with Gasteiger partial charge in [-0.15, -0.1) is 0 Å². The molecule has 2 aromatic carbocycles. The van der Waals surface area contributed by atoms with Crippen LogP contribution in [-0.4, -0.2) is 39.2 Å². The van der Waals surface area contributed by atoms with Crippen molar-refractivity contribution in [2.24, 2.45) is 0 Å². The van der Waals surface area contributed by atoms with Crippen LogP contribution in [0.3, 0.4) is 0 Å². The highest BCUT2D eigenvalue weighted by molar-refractivity contribution is 5.98. The highest BCUT2D eigenvalue weighted by Crippen LogP contribution is 2.25. The SMILES string of the molecule is COc1ccc(OC)c(C(=O)OCC(=O)N(CCC#N)c2ccc(F)cc2)c1. The zero-order valence-electron chi connectivity index (χ0n) is 15.5. The molecular formula is C20H19FN2O5. The summed E-state index contributed by atoms with van der Waals surface area (Å²) in [6.45, 7) is -0.469. The normalized spacial score (nSPS) is 9.93. The molecule has 0 unspecified atom stereocenters. The molecular weight excluding hydrogens is 367 g/mol. The molecule has 0 aliphatic heterocycles. The van der Waals surface area contributed by atoms with E-state index in [0.29, 0.717) is 11.4 Å². The molecule has 0 aliphatic carbocycles. The van der Waals surface area contributed by atoms with Crippen LogP contribution in [0.2, 0.25) is 0 Å². The van der Waals surface area contributed by atoms with Gasteiger partial charge in [0.05, 0.1) is 26.7 Å². The fourth-order valence-corrected chi connectivity index (χ4v) is 2.44. The van der Waals surface area contributed by atoms with Gasteiger partial charge in [0.15, 0.2) is 6.61 Å². The van der Waals surface area contributed by atoms with E-state index in [-0.39, 0.29) is 24.3 Å². The zero-order chi connectivity index (χ0) is 20.5. The summed E-state index contributed by atoms with van der Waals surface area (Å²) in [5, 5.41) is 8.80. The number of halogens is 1. The minimum Gasteiger partial charge on any atom is -0.497 e. The molecule has 0 fully saturated rings. The topological polar surface area (TPSA) is 88.9 Å². The third kappa shape index (κ3) is 5.20. The fraction of sp³-hybridized carbons (Fsp3) is 0.250. The molecule has 0 saturated heterocycles. The maximum atomic E-state index is 13.1. The summed E-state index contributed by atoms with van der Waals surface area (Å²) in [7, 11) is 2.86. The van der Waals surface area contributed by atoms with Crippen molar-refractivity contribution in [1.82, 2.24) is 0 Å². The molecule has 0 heterocycles. The van der Waals surface area contributed by atoms with E-state index in [2.05, 4.69) is 0 Å². The lowest BCUT2D eigenvalue weighted by molar-refractivity contribution is -0.121. The smallest absolute Gasteiger partial charge is 0.342 e. The molecule has 0 bridgehead atoms. The van der Waals surface area contributed by atoms with Crippen molar-refractivity contribution < 1.29 is 28.2 Å². The van der Waals surface area contributed by atoms with Gasteiger partial charge in [-0.1, -0.05) is 0 Å². The van der Waals surface area contributed by atoms with Crippen molar-refractivity contribution in [1.29, 1.82) is 5.26 Å². The second-order valence-corrected chi connectivity index (χ2v) is 5.57. The van der Waals surface area contributed by atoms with E-state index in [1.807, 2.05) is 6.07 Å². The Hall–Kier alpha value is -3.60. The van der Waals surface area contributed by atoms with E-state index in [1.54, 1.807) is 12.1 Å². The minimum atomic E-state index is -0.761. The van der Waals surface area contributed by atoms with Crippen molar-refractivity contribution in [3.63, 3.8) is 0 Å². The second-order valence-electron chi connectivity index (χ2n) is 5.57. The van der Waals surface area contributed by atoms with Gasteiger partial charge in [0.25, 0.3) is 5.91 Å². The number of amides is 1. The van der Waals surface area contributed by atoms with Crippen molar-refractivity contribution in [2.75, 3.05) is 32.3 Å². The third-order valence-electron chi connectivity index (χ3n) is 3.84. The number of nitrogens with zero attached hydrogens (tertiary/aromatic N) is 2. The van der Waals surface area contributed by atoms with Crippen molar-refractivity contribution in [3.8, 4) is 17.6 Å². The van der Waals surface area contributed by atoms with Gasteiger partial charge in [0.2, 0.25) is 0 Å². The van der Waals surface area contributed by atoms with E-state index < -0.39 is 24.3 Å². The molecule has 7 nitrogen and oxygen atoms in total. The summed E-state index contributed by atoms with van der Waals surface area (Å²) in [5.41, 5.74) is 0.511. The Kier molecular flexibility index (Phi) is 7.34. The van der Waals surface area contributed by atoms with E-state index in [9.17, 15) is 14.0 Å². The number of ether oxygens (including phenoxy) is 3. The van der Waals surface area contributed by atoms with Crippen LogP contribution in [0.5, 0.6) is 11.5 Å². The van der Waals surface area contributed by atoms with Crippen LogP contribution in [0.4, 0.5) is 10.1 Å². The quantitative estimate of drug-likeness (QED) is 0.648. The molecule has 0 atom stereocenters. The second kappa shape index (κ2) is 9.92. The van der Waals surface area contributed by atoms with Gasteiger partial charge in [-0.2, -0.15) is 5.26 Å². The maximum absolute atomic E-state index is 13.1. The minimum absolute atomic E-state index is 0.0702. The third-order valence-corrected chi connectivity index (χ3v) is 3.84. The summed E-state index contributed by atoms with van der Waals surface area (Å²) in [6, 6.07) is 11.8. The molecule has 146 valence electrons. The number of nitriles is 1. The van der Waals surface area contributed by atoms with Gasteiger partial charge in [-0.25, -0.2) is 9.18 Å². The lowest BCUT2D eigenvalue weighted by atomic mass is 10.2. The largest absolute Gasteiger partial charge is 0.497 e. The molecule has 2 aromatic rings. The van der Waals surface area contributed by atoms with Gasteiger partial charge in [0, 0.05) is 12.2 Å². The molecule has 8 heteroatoms.